The van der Waals surface area contributed by atoms with Gasteiger partial charge in [-0.15, -0.1) is 0 Å². The largest absolute Gasteiger partial charge is 0.482 e. The van der Waals surface area contributed by atoms with E-state index in [-0.39, 0.29) is 19.1 Å². The molecule has 27 heavy (non-hydrogen) atoms. The molecule has 0 unspecified atom stereocenters. The maximum absolute atomic E-state index is 12.1. The summed E-state index contributed by atoms with van der Waals surface area (Å²) in [5.74, 6) is 0.0414. The van der Waals surface area contributed by atoms with Crippen LogP contribution in [0.25, 0.3) is 11.0 Å². The molecule has 1 aliphatic heterocycles. The zero-order valence-corrected chi connectivity index (χ0v) is 15.5. The predicted octanol–water partition coefficient (Wildman–Crippen LogP) is 2.28. The number of piperidine rings is 1. The number of ether oxygens (including phenoxy) is 2. The lowest BCUT2D eigenvalue weighted by molar-refractivity contribution is -0.154. The molecule has 1 saturated heterocycles. The number of carbonyl (C=O) groups excluding carboxylic acids is 2. The molecular formula is C20H23NO6. The quantitative estimate of drug-likeness (QED) is 0.590. The van der Waals surface area contributed by atoms with Crippen LogP contribution in [0.2, 0.25) is 0 Å². The SMILES string of the molecule is Cc1cc(=O)oc2cc(OCC(=O)OCC(=O)N3CCC[C@H](C)C3)ccc12. The number of rotatable bonds is 5. The van der Waals surface area contributed by atoms with Gasteiger partial charge in [-0.1, -0.05) is 6.92 Å². The molecule has 1 aromatic heterocycles. The average molecular weight is 373 g/mol. The fourth-order valence-electron chi connectivity index (χ4n) is 3.23. The summed E-state index contributed by atoms with van der Waals surface area (Å²) in [4.78, 5) is 37.1. The highest BCUT2D eigenvalue weighted by Crippen LogP contribution is 2.22. The summed E-state index contributed by atoms with van der Waals surface area (Å²) in [7, 11) is 0. The number of nitrogens with zero attached hydrogens (tertiary/aromatic N) is 1. The van der Waals surface area contributed by atoms with Gasteiger partial charge in [0.15, 0.2) is 13.2 Å². The van der Waals surface area contributed by atoms with Crippen LogP contribution in [0.4, 0.5) is 0 Å². The maximum atomic E-state index is 12.1. The summed E-state index contributed by atoms with van der Waals surface area (Å²) in [6.07, 6.45) is 2.09. The van der Waals surface area contributed by atoms with Crippen molar-refractivity contribution in [3.05, 3.63) is 40.2 Å². The Balaban J connectivity index is 1.51. The molecule has 7 heteroatoms. The Kier molecular flexibility index (Phi) is 5.78. The molecule has 2 aromatic rings. The van der Waals surface area contributed by atoms with Gasteiger partial charge in [-0.25, -0.2) is 9.59 Å². The van der Waals surface area contributed by atoms with Crippen molar-refractivity contribution in [2.24, 2.45) is 5.92 Å². The molecule has 7 nitrogen and oxygen atoms in total. The second kappa shape index (κ2) is 8.24. The monoisotopic (exact) mass is 373 g/mol. The van der Waals surface area contributed by atoms with Crippen LogP contribution in [0, 0.1) is 12.8 Å². The normalized spacial score (nSPS) is 17.0. The minimum absolute atomic E-state index is 0.183. The molecule has 0 aliphatic carbocycles. The van der Waals surface area contributed by atoms with E-state index in [4.69, 9.17) is 13.9 Å². The molecule has 0 N–H and O–H groups in total. The molecule has 0 spiro atoms. The minimum atomic E-state index is -0.626. The third-order valence-electron chi connectivity index (χ3n) is 4.65. The van der Waals surface area contributed by atoms with Crippen molar-refractivity contribution in [1.82, 2.24) is 4.90 Å². The zero-order chi connectivity index (χ0) is 19.4. The van der Waals surface area contributed by atoms with Crippen molar-refractivity contribution < 1.29 is 23.5 Å². The van der Waals surface area contributed by atoms with Gasteiger partial charge in [0.05, 0.1) is 0 Å². The first-order valence-electron chi connectivity index (χ1n) is 9.03. The number of amides is 1. The predicted molar refractivity (Wildman–Crippen MR) is 98.7 cm³/mol. The first-order valence-corrected chi connectivity index (χ1v) is 9.03. The molecule has 0 radical (unpaired) electrons. The fraction of sp³-hybridized carbons (Fsp3) is 0.450. The Morgan fingerprint density at radius 3 is 2.85 bits per heavy atom. The lowest BCUT2D eigenvalue weighted by Gasteiger charge is -2.30. The number of carbonyl (C=O) groups is 2. The Bertz CT molecular complexity index is 903. The third-order valence-corrected chi connectivity index (χ3v) is 4.65. The number of hydrogen-bond donors (Lipinski definition) is 0. The van der Waals surface area contributed by atoms with Crippen molar-refractivity contribution >= 4 is 22.8 Å². The first kappa shape index (κ1) is 18.9. The topological polar surface area (TPSA) is 86.0 Å². The molecule has 144 valence electrons. The van der Waals surface area contributed by atoms with Crippen LogP contribution >= 0.6 is 0 Å². The Labute approximate surface area is 156 Å². The Morgan fingerprint density at radius 2 is 2.07 bits per heavy atom. The van der Waals surface area contributed by atoms with Crippen LogP contribution in [0.3, 0.4) is 0 Å². The second-order valence-corrected chi connectivity index (χ2v) is 6.94. The van der Waals surface area contributed by atoms with Crippen LogP contribution in [0.1, 0.15) is 25.3 Å². The fourth-order valence-corrected chi connectivity index (χ4v) is 3.23. The van der Waals surface area contributed by atoms with Crippen LogP contribution < -0.4 is 10.4 Å². The van der Waals surface area contributed by atoms with Gasteiger partial charge in [-0.2, -0.15) is 0 Å². The number of aryl methyl sites for hydroxylation is 1. The van der Waals surface area contributed by atoms with Crippen molar-refractivity contribution in [2.75, 3.05) is 26.3 Å². The van der Waals surface area contributed by atoms with E-state index in [1.807, 2.05) is 6.92 Å². The number of esters is 1. The van der Waals surface area contributed by atoms with Gasteiger partial charge < -0.3 is 18.8 Å². The summed E-state index contributed by atoms with van der Waals surface area (Å²) in [5.41, 5.74) is 0.750. The van der Waals surface area contributed by atoms with E-state index in [1.165, 1.54) is 6.07 Å². The smallest absolute Gasteiger partial charge is 0.344 e. The molecule has 1 fully saturated rings. The summed E-state index contributed by atoms with van der Waals surface area (Å²) >= 11 is 0. The van der Waals surface area contributed by atoms with Crippen molar-refractivity contribution in [3.63, 3.8) is 0 Å². The lowest BCUT2D eigenvalue weighted by Crippen LogP contribution is -2.41. The van der Waals surface area contributed by atoms with Crippen molar-refractivity contribution in [2.45, 2.75) is 26.7 Å². The molecule has 1 aliphatic rings. The highest BCUT2D eigenvalue weighted by atomic mass is 16.6. The van der Waals surface area contributed by atoms with Crippen LogP contribution in [-0.2, 0) is 14.3 Å². The maximum Gasteiger partial charge on any atom is 0.344 e. The number of likely N-dealkylation sites (tertiary alicyclic amines) is 1. The van der Waals surface area contributed by atoms with E-state index in [0.29, 0.717) is 30.3 Å². The average Bonchev–Trinajstić information content (AvgIpc) is 2.64. The van der Waals surface area contributed by atoms with E-state index in [2.05, 4.69) is 6.92 Å². The van der Waals surface area contributed by atoms with Crippen LogP contribution in [-0.4, -0.2) is 43.1 Å². The number of fused-ring (bicyclic) bond motifs is 1. The van der Waals surface area contributed by atoms with Gasteiger partial charge in [0.25, 0.3) is 5.91 Å². The van der Waals surface area contributed by atoms with E-state index in [1.54, 1.807) is 23.1 Å². The van der Waals surface area contributed by atoms with Gasteiger partial charge in [0.2, 0.25) is 0 Å². The van der Waals surface area contributed by atoms with E-state index in [0.717, 1.165) is 23.8 Å². The van der Waals surface area contributed by atoms with E-state index in [9.17, 15) is 14.4 Å². The summed E-state index contributed by atoms with van der Waals surface area (Å²) in [6.45, 7) is 4.73. The highest BCUT2D eigenvalue weighted by molar-refractivity contribution is 5.82. The Morgan fingerprint density at radius 1 is 1.26 bits per heavy atom. The minimum Gasteiger partial charge on any atom is -0.482 e. The van der Waals surface area contributed by atoms with E-state index < -0.39 is 11.6 Å². The molecule has 1 amide bonds. The molecule has 0 saturated carbocycles. The Hall–Kier alpha value is -2.83. The van der Waals surface area contributed by atoms with Crippen molar-refractivity contribution in [3.8, 4) is 5.75 Å². The summed E-state index contributed by atoms with van der Waals surface area (Å²) in [6, 6.07) is 6.41. The van der Waals surface area contributed by atoms with E-state index >= 15 is 0 Å². The van der Waals surface area contributed by atoms with Crippen molar-refractivity contribution in [1.29, 1.82) is 0 Å². The van der Waals surface area contributed by atoms with Gasteiger partial charge in [-0.05, 0) is 43.4 Å². The number of benzene rings is 1. The first-order chi connectivity index (χ1) is 12.9. The van der Waals surface area contributed by atoms with Crippen LogP contribution in [0.5, 0.6) is 5.75 Å². The molecule has 1 aromatic carbocycles. The van der Waals surface area contributed by atoms with Gasteiger partial charge >= 0.3 is 11.6 Å². The third kappa shape index (κ3) is 4.87. The summed E-state index contributed by atoms with van der Waals surface area (Å²) in [5, 5.41) is 0.797. The van der Waals surface area contributed by atoms with Gasteiger partial charge in [0.1, 0.15) is 11.3 Å². The lowest BCUT2D eigenvalue weighted by atomic mass is 10.0. The standard InChI is InChI=1S/C20H23NO6/c1-13-4-3-7-21(10-13)18(22)11-26-20(24)12-25-15-5-6-16-14(2)8-19(23)27-17(16)9-15/h5-6,8-9,13H,3-4,7,10-12H2,1-2H3/t13-/m0/s1. The van der Waals surface area contributed by atoms with Crippen LogP contribution in [0.15, 0.2) is 33.5 Å². The molecule has 1 atom stereocenters. The molecular weight excluding hydrogens is 350 g/mol. The zero-order valence-electron chi connectivity index (χ0n) is 15.5. The van der Waals surface area contributed by atoms with Gasteiger partial charge in [0, 0.05) is 30.6 Å². The molecule has 0 bridgehead atoms. The molecule has 2 heterocycles. The second-order valence-electron chi connectivity index (χ2n) is 6.94. The van der Waals surface area contributed by atoms with Gasteiger partial charge in [-0.3, -0.25) is 4.79 Å². The summed E-state index contributed by atoms with van der Waals surface area (Å²) < 4.78 is 15.5. The highest BCUT2D eigenvalue weighted by Gasteiger charge is 2.21. The number of hydrogen-bond acceptors (Lipinski definition) is 6. The molecule has 3 rings (SSSR count).